The molecular formula is C17H30N2O. The highest BCUT2D eigenvalue weighted by Crippen LogP contribution is 2.65. The molecule has 4 aliphatic carbocycles. The maximum absolute atomic E-state index is 13.1. The zero-order chi connectivity index (χ0) is 14.5. The first-order valence-corrected chi connectivity index (χ1v) is 8.31. The fourth-order valence-corrected chi connectivity index (χ4v) is 6.00. The predicted molar refractivity (Wildman–Crippen MR) is 81.1 cm³/mol. The van der Waals surface area contributed by atoms with Gasteiger partial charge in [-0.1, -0.05) is 13.8 Å². The van der Waals surface area contributed by atoms with Crippen LogP contribution >= 0.6 is 0 Å². The number of hydrogen-bond donors (Lipinski definition) is 1. The minimum absolute atomic E-state index is 0.0259. The molecule has 0 spiro atoms. The van der Waals surface area contributed by atoms with E-state index in [0.717, 1.165) is 37.6 Å². The van der Waals surface area contributed by atoms with Crippen LogP contribution in [0.15, 0.2) is 0 Å². The van der Waals surface area contributed by atoms with E-state index < -0.39 is 0 Å². The van der Waals surface area contributed by atoms with Crippen molar-refractivity contribution in [3.63, 3.8) is 0 Å². The van der Waals surface area contributed by atoms with Gasteiger partial charge in [0.15, 0.2) is 0 Å². The number of carbonyl (C=O) groups excluding carboxylic acids is 1. The SMILES string of the molecule is CC(CN)CN(C)C(=O)C12CC3CC(CC(C)(C3)C1)C2. The molecule has 0 aliphatic heterocycles. The molecule has 3 nitrogen and oxygen atoms in total. The molecule has 4 aliphatic rings. The van der Waals surface area contributed by atoms with Gasteiger partial charge in [0.1, 0.15) is 0 Å². The second-order valence-corrected chi connectivity index (χ2v) is 8.58. The molecule has 0 heterocycles. The molecule has 20 heavy (non-hydrogen) atoms. The monoisotopic (exact) mass is 278 g/mol. The van der Waals surface area contributed by atoms with E-state index in [2.05, 4.69) is 13.8 Å². The molecule has 0 saturated heterocycles. The summed E-state index contributed by atoms with van der Waals surface area (Å²) < 4.78 is 0. The molecule has 0 aromatic carbocycles. The van der Waals surface area contributed by atoms with Gasteiger partial charge in [-0.25, -0.2) is 0 Å². The summed E-state index contributed by atoms with van der Waals surface area (Å²) in [5, 5.41) is 0. The van der Waals surface area contributed by atoms with Gasteiger partial charge in [0.25, 0.3) is 0 Å². The average Bonchev–Trinajstić information content (AvgIpc) is 2.34. The molecular weight excluding hydrogens is 248 g/mol. The van der Waals surface area contributed by atoms with Gasteiger partial charge in [-0.05, 0) is 68.2 Å². The standard InChI is InChI=1S/C17H30N2O/c1-12(9-18)10-19(3)15(20)17-7-13-4-14(8-17)6-16(2,5-13)11-17/h12-14H,4-11,18H2,1-3H3. The zero-order valence-electron chi connectivity index (χ0n) is 13.3. The Morgan fingerprint density at radius 1 is 1.30 bits per heavy atom. The van der Waals surface area contributed by atoms with Crippen molar-refractivity contribution in [1.82, 2.24) is 4.90 Å². The fourth-order valence-electron chi connectivity index (χ4n) is 6.00. The minimum Gasteiger partial charge on any atom is -0.345 e. The van der Waals surface area contributed by atoms with Gasteiger partial charge in [-0.15, -0.1) is 0 Å². The highest BCUT2D eigenvalue weighted by Gasteiger charge is 2.59. The van der Waals surface area contributed by atoms with E-state index in [0.29, 0.717) is 23.8 Å². The van der Waals surface area contributed by atoms with Crippen molar-refractivity contribution in [2.45, 2.75) is 52.4 Å². The van der Waals surface area contributed by atoms with Gasteiger partial charge in [-0.2, -0.15) is 0 Å². The highest BCUT2D eigenvalue weighted by molar-refractivity contribution is 5.83. The average molecular weight is 278 g/mol. The van der Waals surface area contributed by atoms with Crippen LogP contribution < -0.4 is 5.73 Å². The number of amides is 1. The Kier molecular flexibility index (Phi) is 3.39. The van der Waals surface area contributed by atoms with Crippen LogP contribution in [0.4, 0.5) is 0 Å². The van der Waals surface area contributed by atoms with E-state index in [4.69, 9.17) is 5.73 Å². The Balaban J connectivity index is 1.77. The zero-order valence-corrected chi connectivity index (χ0v) is 13.3. The van der Waals surface area contributed by atoms with Crippen molar-refractivity contribution in [1.29, 1.82) is 0 Å². The summed E-state index contributed by atoms with van der Waals surface area (Å²) in [6.07, 6.45) is 7.54. The maximum Gasteiger partial charge on any atom is 0.228 e. The Morgan fingerprint density at radius 2 is 1.90 bits per heavy atom. The van der Waals surface area contributed by atoms with Crippen molar-refractivity contribution in [3.8, 4) is 0 Å². The lowest BCUT2D eigenvalue weighted by Crippen LogP contribution is -2.57. The van der Waals surface area contributed by atoms with Crippen molar-refractivity contribution in [2.24, 2.45) is 34.3 Å². The molecule has 0 radical (unpaired) electrons. The number of nitrogens with two attached hydrogens (primary N) is 1. The molecule has 4 fully saturated rings. The van der Waals surface area contributed by atoms with Crippen LogP contribution in [-0.2, 0) is 4.79 Å². The Hall–Kier alpha value is -0.570. The summed E-state index contributed by atoms with van der Waals surface area (Å²) in [6.45, 7) is 6.02. The van der Waals surface area contributed by atoms with Gasteiger partial charge in [0.05, 0.1) is 5.41 Å². The van der Waals surface area contributed by atoms with E-state index in [1.807, 2.05) is 11.9 Å². The summed E-state index contributed by atoms with van der Waals surface area (Å²) in [5.41, 5.74) is 6.13. The van der Waals surface area contributed by atoms with Gasteiger partial charge < -0.3 is 10.6 Å². The Bertz CT molecular complexity index is 392. The van der Waals surface area contributed by atoms with Gasteiger partial charge >= 0.3 is 0 Å². The lowest BCUT2D eigenvalue weighted by molar-refractivity contribution is -0.165. The van der Waals surface area contributed by atoms with Crippen molar-refractivity contribution in [3.05, 3.63) is 0 Å². The first-order valence-electron chi connectivity index (χ1n) is 8.31. The van der Waals surface area contributed by atoms with E-state index in [1.165, 1.54) is 19.3 Å². The molecule has 4 rings (SSSR count). The lowest BCUT2D eigenvalue weighted by atomic mass is 9.44. The van der Waals surface area contributed by atoms with Gasteiger partial charge in [-0.3, -0.25) is 4.79 Å². The molecule has 3 unspecified atom stereocenters. The first-order chi connectivity index (χ1) is 9.36. The van der Waals surface area contributed by atoms with Crippen LogP contribution in [0.3, 0.4) is 0 Å². The summed E-state index contributed by atoms with van der Waals surface area (Å²) in [7, 11) is 1.98. The summed E-state index contributed by atoms with van der Waals surface area (Å²) >= 11 is 0. The third kappa shape index (κ3) is 2.28. The molecule has 2 N–H and O–H groups in total. The first kappa shape index (κ1) is 14.4. The summed E-state index contributed by atoms with van der Waals surface area (Å²) in [6, 6.07) is 0. The second kappa shape index (κ2) is 4.72. The normalized spacial score (nSPS) is 43.6. The molecule has 4 saturated carbocycles. The molecule has 1 amide bonds. The highest BCUT2D eigenvalue weighted by atomic mass is 16.2. The quantitative estimate of drug-likeness (QED) is 0.859. The molecule has 3 heteroatoms. The third-order valence-electron chi connectivity index (χ3n) is 6.14. The Morgan fingerprint density at radius 3 is 2.40 bits per heavy atom. The van der Waals surface area contributed by atoms with Crippen molar-refractivity contribution < 1.29 is 4.79 Å². The summed E-state index contributed by atoms with van der Waals surface area (Å²) in [5.74, 6) is 2.43. The number of hydrogen-bond acceptors (Lipinski definition) is 2. The van der Waals surface area contributed by atoms with Crippen molar-refractivity contribution in [2.75, 3.05) is 20.1 Å². The maximum atomic E-state index is 13.1. The second-order valence-electron chi connectivity index (χ2n) is 8.58. The lowest BCUT2D eigenvalue weighted by Gasteiger charge is -2.61. The third-order valence-corrected chi connectivity index (χ3v) is 6.14. The van der Waals surface area contributed by atoms with Crippen LogP contribution in [0.25, 0.3) is 0 Å². The largest absolute Gasteiger partial charge is 0.345 e. The molecule has 3 atom stereocenters. The predicted octanol–water partition coefficient (Wildman–Crippen LogP) is 2.65. The van der Waals surface area contributed by atoms with E-state index >= 15 is 0 Å². The van der Waals surface area contributed by atoms with Gasteiger partial charge in [0.2, 0.25) is 5.91 Å². The molecule has 0 aromatic rings. The van der Waals surface area contributed by atoms with Crippen LogP contribution in [0.1, 0.15) is 52.4 Å². The Labute approximate surface area is 123 Å². The van der Waals surface area contributed by atoms with Gasteiger partial charge in [0, 0.05) is 13.6 Å². The van der Waals surface area contributed by atoms with E-state index in [-0.39, 0.29) is 5.41 Å². The van der Waals surface area contributed by atoms with Crippen LogP contribution in [0, 0.1) is 28.6 Å². The van der Waals surface area contributed by atoms with E-state index in [9.17, 15) is 4.79 Å². The van der Waals surface area contributed by atoms with Crippen LogP contribution in [-0.4, -0.2) is 30.9 Å². The molecule has 4 bridgehead atoms. The van der Waals surface area contributed by atoms with Crippen molar-refractivity contribution >= 4 is 5.91 Å². The minimum atomic E-state index is -0.0259. The van der Waals surface area contributed by atoms with Crippen LogP contribution in [0.2, 0.25) is 0 Å². The fraction of sp³-hybridized carbons (Fsp3) is 0.941. The molecule has 114 valence electrons. The molecule has 0 aromatic heterocycles. The van der Waals surface area contributed by atoms with Crippen LogP contribution in [0.5, 0.6) is 0 Å². The smallest absolute Gasteiger partial charge is 0.228 e. The number of rotatable bonds is 4. The van der Waals surface area contributed by atoms with E-state index in [1.54, 1.807) is 0 Å². The topological polar surface area (TPSA) is 46.3 Å². The number of carbonyl (C=O) groups is 1. The number of nitrogens with zero attached hydrogens (tertiary/aromatic N) is 1. The summed E-state index contributed by atoms with van der Waals surface area (Å²) in [4.78, 5) is 15.1.